The molecule has 0 atom stereocenters. The van der Waals surface area contributed by atoms with Crippen LogP contribution in [0.5, 0.6) is 0 Å². The Bertz CT molecular complexity index is 4120. The van der Waals surface area contributed by atoms with E-state index in [4.69, 9.17) is 9.40 Å². The van der Waals surface area contributed by atoms with Crippen molar-refractivity contribution in [3.63, 3.8) is 0 Å². The molecule has 0 amide bonds. The largest absolute Gasteiger partial charge is 0.456 e. The van der Waals surface area contributed by atoms with E-state index >= 15 is 0 Å². The number of nitrogens with one attached hydrogen (secondary N) is 1. The van der Waals surface area contributed by atoms with Crippen molar-refractivity contribution < 1.29 is 4.42 Å². The third-order valence-electron chi connectivity index (χ3n) is 15.7. The van der Waals surface area contributed by atoms with Crippen LogP contribution in [0.4, 0.5) is 11.4 Å². The Morgan fingerprint density at radius 3 is 2.15 bits per heavy atom. The van der Waals surface area contributed by atoms with Crippen molar-refractivity contribution in [1.29, 1.82) is 0 Å². The molecule has 0 fully saturated rings. The normalized spacial score (nSPS) is 15.2. The fourth-order valence-electron chi connectivity index (χ4n) is 11.7. The minimum atomic E-state index is 0.0570. The van der Waals surface area contributed by atoms with Crippen LogP contribution in [0.3, 0.4) is 0 Å². The predicted octanol–water partition coefficient (Wildman–Crippen LogP) is 16.1. The molecule has 0 unspecified atom stereocenters. The van der Waals surface area contributed by atoms with Crippen LogP contribution in [-0.4, -0.2) is 16.8 Å². The zero-order chi connectivity index (χ0) is 46.0. The number of aromatic nitrogens is 2. The summed E-state index contributed by atoms with van der Waals surface area (Å²) in [5.74, 6) is 0. The first-order chi connectivity index (χ1) is 32.8. The first kappa shape index (κ1) is 40.4. The van der Waals surface area contributed by atoms with E-state index in [2.05, 4.69) is 198 Å². The van der Waals surface area contributed by atoms with Gasteiger partial charge in [0, 0.05) is 75.8 Å². The molecule has 0 bridgehead atoms. The summed E-state index contributed by atoms with van der Waals surface area (Å²) in [5, 5.41) is 12.5. The van der Waals surface area contributed by atoms with Crippen LogP contribution in [0, 0.1) is 0 Å². The molecule has 5 heterocycles. The molecule has 1 N–H and O–H groups in total. The van der Waals surface area contributed by atoms with E-state index in [0.29, 0.717) is 0 Å². The van der Waals surface area contributed by atoms with Gasteiger partial charge in [-0.2, -0.15) is 0 Å². The molecule has 0 saturated heterocycles. The van der Waals surface area contributed by atoms with Gasteiger partial charge in [-0.15, -0.1) is 22.7 Å². The highest BCUT2D eigenvalue weighted by Gasteiger charge is 2.38. The molecule has 4 nitrogen and oxygen atoms in total. The van der Waals surface area contributed by atoms with E-state index in [1.54, 1.807) is 11.3 Å². The Labute approximate surface area is 404 Å². The van der Waals surface area contributed by atoms with Crippen molar-refractivity contribution in [3.8, 4) is 27.4 Å². The Morgan fingerprint density at radius 2 is 1.35 bits per heavy atom. The van der Waals surface area contributed by atoms with Gasteiger partial charge in [-0.1, -0.05) is 127 Å². The van der Waals surface area contributed by atoms with E-state index in [1.807, 2.05) is 11.3 Å². The van der Waals surface area contributed by atoms with Crippen LogP contribution >= 0.6 is 22.7 Å². The number of hydrogen-bond acceptors (Lipinski definition) is 5. The lowest BCUT2D eigenvalue weighted by molar-refractivity contribution is 0.332. The summed E-state index contributed by atoms with van der Waals surface area (Å²) in [6.45, 7) is 16.4. The molecular weight excluding hydrogens is 866 g/mol. The number of thiophene rings is 1. The van der Waals surface area contributed by atoms with Crippen LogP contribution in [0.15, 0.2) is 144 Å². The van der Waals surface area contributed by atoms with Crippen LogP contribution in [0.2, 0.25) is 0 Å². The zero-order valence-electron chi connectivity index (χ0n) is 39.5. The number of fused-ring (bicyclic) bond motifs is 13. The maximum absolute atomic E-state index is 6.94. The number of benzene rings is 8. The number of nitrogens with zero attached hydrogens (tertiary/aromatic N) is 2. The van der Waals surface area contributed by atoms with Crippen molar-refractivity contribution in [1.82, 2.24) is 9.55 Å². The van der Waals surface area contributed by atoms with Crippen molar-refractivity contribution in [2.75, 3.05) is 5.32 Å². The van der Waals surface area contributed by atoms with Gasteiger partial charge in [-0.3, -0.25) is 0 Å². The fraction of sp³-hybridized carbons (Fsp3) is 0.197. The van der Waals surface area contributed by atoms with E-state index in [1.165, 1.54) is 96.5 Å². The lowest BCUT2D eigenvalue weighted by Gasteiger charge is -2.41. The van der Waals surface area contributed by atoms with Crippen LogP contribution < -0.4 is 16.2 Å². The first-order valence-corrected chi connectivity index (χ1v) is 25.7. The highest BCUT2D eigenvalue weighted by Crippen LogP contribution is 2.50. The second-order valence-electron chi connectivity index (χ2n) is 21.9. The molecule has 1 aliphatic heterocycles. The summed E-state index contributed by atoms with van der Waals surface area (Å²) in [7, 11) is 0.782. The van der Waals surface area contributed by atoms with Gasteiger partial charge in [0.2, 0.25) is 0 Å². The SMILES string of the molecule is CC(C)(C)c1ccc(Nc2cc3oc4cc5c(cc4c3cc2-c2ccc3c4cc6sc7ccccc7c6cc4n4c3c2Bc2cc3nc(-c6ccccc6)sc3cc2-4)C(C)(C)CCC5(C)C)cc1. The predicted molar refractivity (Wildman–Crippen MR) is 295 cm³/mol. The summed E-state index contributed by atoms with van der Waals surface area (Å²) < 4.78 is 13.4. The highest BCUT2D eigenvalue weighted by atomic mass is 32.1. The summed E-state index contributed by atoms with van der Waals surface area (Å²) in [6.07, 6.45) is 2.32. The minimum absolute atomic E-state index is 0.0570. The Morgan fingerprint density at radius 1 is 0.618 bits per heavy atom. The van der Waals surface area contributed by atoms with Gasteiger partial charge in [0.1, 0.15) is 16.2 Å². The summed E-state index contributed by atoms with van der Waals surface area (Å²) in [5.41, 5.74) is 19.3. The quantitative estimate of drug-likeness (QED) is 0.179. The third-order valence-corrected chi connectivity index (χ3v) is 17.9. The number of furan rings is 1. The third kappa shape index (κ3) is 5.94. The van der Waals surface area contributed by atoms with E-state index < -0.39 is 0 Å². The van der Waals surface area contributed by atoms with Gasteiger partial charge in [0.25, 0.3) is 0 Å². The van der Waals surface area contributed by atoms with E-state index in [-0.39, 0.29) is 16.2 Å². The van der Waals surface area contributed by atoms with Crippen molar-refractivity contribution >= 4 is 126 Å². The molecule has 7 heteroatoms. The Balaban J connectivity index is 1.05. The van der Waals surface area contributed by atoms with Gasteiger partial charge in [-0.25, -0.2) is 4.98 Å². The van der Waals surface area contributed by atoms with E-state index in [0.717, 1.165) is 64.1 Å². The highest BCUT2D eigenvalue weighted by molar-refractivity contribution is 7.26. The number of rotatable bonds is 4. The van der Waals surface area contributed by atoms with Crippen molar-refractivity contribution in [2.24, 2.45) is 0 Å². The maximum atomic E-state index is 6.94. The first-order valence-electron chi connectivity index (χ1n) is 24.1. The number of thiazole rings is 1. The molecule has 1 aliphatic carbocycles. The molecule has 330 valence electrons. The molecule has 2 aliphatic rings. The smallest absolute Gasteiger partial charge is 0.198 e. The lowest BCUT2D eigenvalue weighted by Crippen LogP contribution is -2.37. The molecule has 0 radical (unpaired) electrons. The second-order valence-corrected chi connectivity index (χ2v) is 24.0. The van der Waals surface area contributed by atoms with Crippen molar-refractivity contribution in [2.45, 2.75) is 77.6 Å². The molecular formula is C61H50BN3OS2. The van der Waals surface area contributed by atoms with E-state index in [9.17, 15) is 0 Å². The maximum Gasteiger partial charge on any atom is 0.198 e. The van der Waals surface area contributed by atoms with Gasteiger partial charge >= 0.3 is 0 Å². The van der Waals surface area contributed by atoms with Gasteiger partial charge in [-0.05, 0) is 117 Å². The lowest BCUT2D eigenvalue weighted by atomic mass is 9.59. The molecule has 0 spiro atoms. The average Bonchev–Trinajstić information content (AvgIpc) is 4.09. The molecule has 68 heavy (non-hydrogen) atoms. The zero-order valence-corrected chi connectivity index (χ0v) is 41.2. The fourth-order valence-corrected chi connectivity index (χ4v) is 13.9. The van der Waals surface area contributed by atoms with Crippen LogP contribution in [-0.2, 0) is 16.2 Å². The Kier molecular flexibility index (Phi) is 8.30. The van der Waals surface area contributed by atoms with Crippen LogP contribution in [0.1, 0.15) is 78.0 Å². The molecule has 8 aromatic carbocycles. The molecule has 4 aromatic heterocycles. The topological polar surface area (TPSA) is 43.0 Å². The molecule has 0 saturated carbocycles. The van der Waals surface area contributed by atoms with Gasteiger partial charge in [0.15, 0.2) is 7.28 Å². The second kappa shape index (κ2) is 14.0. The summed E-state index contributed by atoms with van der Waals surface area (Å²) >= 11 is 3.68. The monoisotopic (exact) mass is 915 g/mol. The number of hydrogen-bond donors (Lipinski definition) is 1. The summed E-state index contributed by atoms with van der Waals surface area (Å²) in [4.78, 5) is 5.27. The standard InChI is InChI=1S/C61H50BN3OS2/c1-59(2,3)34-17-19-35(20-18-34)63-47-31-52-41(42-26-44-45(29-51(42)66-52)61(6,7)24-23-60(44,4)5)25-39(47)37-21-22-38-40-28-54-43(36-15-11-12-16-53(36)67-54)27-49(40)65-50-32-55-48(30-46(50)62-56(37)57(38)65)64-58(68-55)33-13-9-8-10-14-33/h8-22,25-32,62-63H,23-24H2,1-7H3. The molecule has 14 rings (SSSR count). The van der Waals surface area contributed by atoms with Crippen LogP contribution in [0.25, 0.3) is 102 Å². The number of anilines is 2. The van der Waals surface area contributed by atoms with Crippen molar-refractivity contribution in [3.05, 3.63) is 156 Å². The van der Waals surface area contributed by atoms with Gasteiger partial charge in [0.05, 0.1) is 21.4 Å². The van der Waals surface area contributed by atoms with Gasteiger partial charge < -0.3 is 14.3 Å². The summed E-state index contributed by atoms with van der Waals surface area (Å²) in [6, 6.07) is 52.5. The molecule has 12 aromatic rings. The Hall–Kier alpha value is -6.67. The average molecular weight is 916 g/mol. The minimum Gasteiger partial charge on any atom is -0.456 e.